The van der Waals surface area contributed by atoms with Crippen LogP contribution in [0.15, 0.2) is 47.4 Å². The predicted octanol–water partition coefficient (Wildman–Crippen LogP) is 2.27. The number of anilines is 2. The molecule has 0 spiro atoms. The summed E-state index contributed by atoms with van der Waals surface area (Å²) in [7, 11) is -2.32. The van der Waals surface area contributed by atoms with Crippen molar-refractivity contribution >= 4 is 33.3 Å². The highest BCUT2D eigenvalue weighted by atomic mass is 32.2. The fourth-order valence-electron chi connectivity index (χ4n) is 4.03. The number of fused-ring (bicyclic) bond motifs is 1. The van der Waals surface area contributed by atoms with E-state index in [9.17, 15) is 18.0 Å². The number of carboxylic acid groups (broad SMARTS) is 1. The van der Waals surface area contributed by atoms with Crippen molar-refractivity contribution in [2.45, 2.75) is 24.2 Å². The first-order chi connectivity index (χ1) is 14.3. The molecule has 1 fully saturated rings. The Kier molecular flexibility index (Phi) is 5.15. The fraction of sp³-hybridized carbons (Fsp3) is 0.333. The molecule has 1 N–H and O–H groups in total. The Balaban J connectivity index is 1.64. The molecule has 2 aromatic rings. The molecule has 2 heterocycles. The summed E-state index contributed by atoms with van der Waals surface area (Å²) in [4.78, 5) is 24.8. The number of ether oxygens (including phenoxy) is 1. The molecule has 9 heteroatoms. The smallest absolute Gasteiger partial charge is 0.308 e. The van der Waals surface area contributed by atoms with E-state index in [0.29, 0.717) is 30.1 Å². The lowest BCUT2D eigenvalue weighted by Gasteiger charge is -2.31. The minimum atomic E-state index is -3.83. The monoisotopic (exact) mass is 430 g/mol. The molecule has 2 aliphatic heterocycles. The van der Waals surface area contributed by atoms with Gasteiger partial charge in [-0.05, 0) is 48.7 Å². The molecule has 0 saturated carbocycles. The van der Waals surface area contributed by atoms with Crippen LogP contribution in [-0.2, 0) is 26.0 Å². The zero-order chi connectivity index (χ0) is 21.5. The van der Waals surface area contributed by atoms with Crippen LogP contribution in [-0.4, -0.2) is 45.6 Å². The van der Waals surface area contributed by atoms with Crippen LogP contribution in [0.25, 0.3) is 0 Å². The van der Waals surface area contributed by atoms with E-state index in [-0.39, 0.29) is 23.8 Å². The van der Waals surface area contributed by atoms with Crippen molar-refractivity contribution in [3.8, 4) is 5.75 Å². The van der Waals surface area contributed by atoms with Crippen molar-refractivity contribution in [3.05, 3.63) is 48.0 Å². The summed E-state index contributed by atoms with van der Waals surface area (Å²) >= 11 is 0. The van der Waals surface area contributed by atoms with Crippen LogP contribution in [0.5, 0.6) is 5.75 Å². The van der Waals surface area contributed by atoms with E-state index in [2.05, 4.69) is 0 Å². The van der Waals surface area contributed by atoms with E-state index in [1.807, 2.05) is 12.1 Å². The first-order valence-electron chi connectivity index (χ1n) is 9.65. The number of benzene rings is 2. The second-order valence-electron chi connectivity index (χ2n) is 7.39. The molecule has 0 aromatic heterocycles. The average Bonchev–Trinajstić information content (AvgIpc) is 3.15. The molecule has 1 unspecified atom stereocenters. The van der Waals surface area contributed by atoms with Crippen LogP contribution in [0.2, 0.25) is 0 Å². The molecule has 2 aliphatic rings. The Morgan fingerprint density at radius 3 is 2.53 bits per heavy atom. The third kappa shape index (κ3) is 3.39. The van der Waals surface area contributed by atoms with Gasteiger partial charge in [-0.25, -0.2) is 8.42 Å². The number of aliphatic carboxylic acids is 1. The molecule has 8 nitrogen and oxygen atoms in total. The Hall–Kier alpha value is -3.07. The fourth-order valence-corrected chi connectivity index (χ4v) is 5.58. The lowest BCUT2D eigenvalue weighted by Crippen LogP contribution is -2.35. The summed E-state index contributed by atoms with van der Waals surface area (Å²) in [6, 6.07) is 11.5. The molecule has 1 amide bonds. The Labute approximate surface area is 174 Å². The Bertz CT molecular complexity index is 1080. The Morgan fingerprint density at radius 2 is 1.90 bits per heavy atom. The van der Waals surface area contributed by atoms with Crippen molar-refractivity contribution in [3.63, 3.8) is 0 Å². The third-order valence-corrected chi connectivity index (χ3v) is 7.38. The number of nitrogens with zero attached hydrogens (tertiary/aromatic N) is 2. The van der Waals surface area contributed by atoms with Crippen LogP contribution in [0.3, 0.4) is 0 Å². The zero-order valence-corrected chi connectivity index (χ0v) is 17.3. The maximum atomic E-state index is 13.4. The number of carbonyl (C=O) groups excluding carboxylic acids is 1. The first kappa shape index (κ1) is 20.2. The highest BCUT2D eigenvalue weighted by Crippen LogP contribution is 2.39. The quantitative estimate of drug-likeness (QED) is 0.780. The number of hydrogen-bond donors (Lipinski definition) is 1. The van der Waals surface area contributed by atoms with Gasteiger partial charge in [0.25, 0.3) is 10.0 Å². The highest BCUT2D eigenvalue weighted by Gasteiger charge is 2.36. The number of para-hydroxylation sites is 1. The number of hydrogen-bond acceptors (Lipinski definition) is 5. The van der Waals surface area contributed by atoms with Gasteiger partial charge in [0, 0.05) is 25.2 Å². The third-order valence-electron chi connectivity index (χ3n) is 5.57. The molecule has 0 aliphatic carbocycles. The van der Waals surface area contributed by atoms with Gasteiger partial charge in [0.2, 0.25) is 5.91 Å². The predicted molar refractivity (Wildman–Crippen MR) is 110 cm³/mol. The van der Waals surface area contributed by atoms with E-state index >= 15 is 0 Å². The van der Waals surface area contributed by atoms with Gasteiger partial charge in [0.1, 0.15) is 5.75 Å². The van der Waals surface area contributed by atoms with E-state index < -0.39 is 21.9 Å². The molecular formula is C21H22N2O6S. The number of carbonyl (C=O) groups is 2. The number of sulfonamides is 1. The van der Waals surface area contributed by atoms with E-state index in [1.54, 1.807) is 18.2 Å². The molecule has 30 heavy (non-hydrogen) atoms. The summed E-state index contributed by atoms with van der Waals surface area (Å²) in [5.41, 5.74) is 1.97. The van der Waals surface area contributed by atoms with Gasteiger partial charge < -0.3 is 14.7 Å². The van der Waals surface area contributed by atoms with E-state index in [1.165, 1.54) is 28.4 Å². The Morgan fingerprint density at radius 1 is 1.17 bits per heavy atom. The summed E-state index contributed by atoms with van der Waals surface area (Å²) < 4.78 is 33.5. The van der Waals surface area contributed by atoms with Crippen LogP contribution >= 0.6 is 0 Å². The molecule has 1 saturated heterocycles. The van der Waals surface area contributed by atoms with Gasteiger partial charge in [-0.15, -0.1) is 0 Å². The van der Waals surface area contributed by atoms with Gasteiger partial charge in [-0.1, -0.05) is 12.1 Å². The number of aryl methyl sites for hydroxylation is 1. The molecular weight excluding hydrogens is 408 g/mol. The number of rotatable bonds is 5. The summed E-state index contributed by atoms with van der Waals surface area (Å²) in [5.74, 6) is -1.54. The lowest BCUT2D eigenvalue weighted by atomic mass is 10.0. The number of carboxylic acids is 1. The maximum Gasteiger partial charge on any atom is 0.308 e. The van der Waals surface area contributed by atoms with E-state index in [4.69, 9.17) is 9.84 Å². The number of amides is 1. The van der Waals surface area contributed by atoms with Crippen molar-refractivity contribution < 1.29 is 27.9 Å². The summed E-state index contributed by atoms with van der Waals surface area (Å²) in [5, 5.41) is 9.14. The molecule has 4 rings (SSSR count). The maximum absolute atomic E-state index is 13.4. The van der Waals surface area contributed by atoms with E-state index in [0.717, 1.165) is 12.0 Å². The van der Waals surface area contributed by atoms with Crippen LogP contribution in [0.4, 0.5) is 11.4 Å². The van der Waals surface area contributed by atoms with Gasteiger partial charge in [-0.2, -0.15) is 0 Å². The van der Waals surface area contributed by atoms with Crippen LogP contribution in [0.1, 0.15) is 18.4 Å². The minimum absolute atomic E-state index is 0.0558. The van der Waals surface area contributed by atoms with Crippen molar-refractivity contribution in [2.24, 2.45) is 5.92 Å². The summed E-state index contributed by atoms with van der Waals surface area (Å²) in [6.45, 7) is 0.430. The first-order valence-corrected chi connectivity index (χ1v) is 11.1. The van der Waals surface area contributed by atoms with Gasteiger partial charge in [0.05, 0.1) is 23.6 Å². The molecule has 1 atom stereocenters. The molecule has 0 bridgehead atoms. The molecule has 2 aromatic carbocycles. The SMILES string of the molecule is COc1cccc2c1N(S(=O)(=O)c1ccc(N3CC(C(=O)O)CC3=O)cc1)CCC2. The second kappa shape index (κ2) is 7.64. The topological polar surface area (TPSA) is 104 Å². The van der Waals surface area contributed by atoms with Crippen molar-refractivity contribution in [1.82, 2.24) is 0 Å². The lowest BCUT2D eigenvalue weighted by molar-refractivity contribution is -0.141. The van der Waals surface area contributed by atoms with Gasteiger partial charge >= 0.3 is 5.97 Å². The second-order valence-corrected chi connectivity index (χ2v) is 9.25. The highest BCUT2D eigenvalue weighted by molar-refractivity contribution is 7.92. The van der Waals surface area contributed by atoms with Crippen LogP contribution in [0, 0.1) is 5.92 Å². The largest absolute Gasteiger partial charge is 0.495 e. The standard InChI is InChI=1S/C21H22N2O6S/c1-29-18-6-2-4-14-5-3-11-23(20(14)18)30(27,28)17-9-7-16(8-10-17)22-13-15(21(25)26)12-19(22)24/h2,4,6-10,15H,3,5,11-13H2,1H3,(H,25,26). The van der Waals surface area contributed by atoms with Crippen molar-refractivity contribution in [2.75, 3.05) is 29.4 Å². The molecule has 158 valence electrons. The van der Waals surface area contributed by atoms with Gasteiger partial charge in [-0.3, -0.25) is 13.9 Å². The normalized spacial score (nSPS) is 19.0. The molecule has 0 radical (unpaired) electrons. The summed E-state index contributed by atoms with van der Waals surface area (Å²) in [6.07, 6.45) is 1.43. The van der Waals surface area contributed by atoms with Gasteiger partial charge in [0.15, 0.2) is 0 Å². The number of methoxy groups -OCH3 is 1. The van der Waals surface area contributed by atoms with Crippen LogP contribution < -0.4 is 13.9 Å². The average molecular weight is 430 g/mol. The zero-order valence-electron chi connectivity index (χ0n) is 16.4. The minimum Gasteiger partial charge on any atom is -0.495 e. The van der Waals surface area contributed by atoms with Crippen molar-refractivity contribution in [1.29, 1.82) is 0 Å².